The predicted molar refractivity (Wildman–Crippen MR) is 108 cm³/mol. The first-order chi connectivity index (χ1) is 12.5. The summed E-state index contributed by atoms with van der Waals surface area (Å²) in [6, 6.07) is 4.07. The van der Waals surface area contributed by atoms with Crippen LogP contribution in [0.15, 0.2) is 12.1 Å². The first kappa shape index (κ1) is 22.5. The quantitative estimate of drug-likeness (QED) is 0.820. The third-order valence-electron chi connectivity index (χ3n) is 4.69. The molecule has 2 atom stereocenters. The van der Waals surface area contributed by atoms with Crippen molar-refractivity contribution in [3.05, 3.63) is 23.3 Å². The zero-order valence-corrected chi connectivity index (χ0v) is 17.6. The number of hydrogen-bond donors (Lipinski definition) is 1. The molecule has 0 aromatic heterocycles. The van der Waals surface area contributed by atoms with E-state index in [1.807, 2.05) is 33.9 Å². The van der Waals surface area contributed by atoms with E-state index in [9.17, 15) is 4.79 Å². The summed E-state index contributed by atoms with van der Waals surface area (Å²) < 4.78 is 11.3. The Hall–Kier alpha value is -1.55. The van der Waals surface area contributed by atoms with Crippen LogP contribution in [0.3, 0.4) is 0 Å². The van der Waals surface area contributed by atoms with Gasteiger partial charge in [0.1, 0.15) is 0 Å². The van der Waals surface area contributed by atoms with Gasteiger partial charge in [-0.1, -0.05) is 40.7 Å². The van der Waals surface area contributed by atoms with Crippen LogP contribution in [0.5, 0.6) is 11.5 Å². The minimum absolute atomic E-state index is 0.200. The molecule has 1 aromatic carbocycles. The molecular weight excluding hydrogens is 326 g/mol. The lowest BCUT2D eigenvalue weighted by Crippen LogP contribution is -2.29. The molecule has 4 nitrogen and oxygen atoms in total. The zero-order valence-electron chi connectivity index (χ0n) is 17.6. The molecule has 0 saturated heterocycles. The number of nitrogens with one attached hydrogen (secondary N) is 1. The number of benzene rings is 1. The summed E-state index contributed by atoms with van der Waals surface area (Å²) in [6.45, 7) is 11.4. The highest BCUT2D eigenvalue weighted by Crippen LogP contribution is 2.50. The van der Waals surface area contributed by atoms with Crippen molar-refractivity contribution in [3.8, 4) is 11.5 Å². The van der Waals surface area contributed by atoms with E-state index in [0.29, 0.717) is 6.42 Å². The summed E-state index contributed by atoms with van der Waals surface area (Å²) in [5, 5.41) is 3.07. The van der Waals surface area contributed by atoms with Crippen molar-refractivity contribution in [2.75, 3.05) is 20.7 Å². The van der Waals surface area contributed by atoms with Gasteiger partial charge < -0.3 is 14.8 Å². The normalized spacial score (nSPS) is 19.4. The van der Waals surface area contributed by atoms with Gasteiger partial charge in [-0.05, 0) is 50.4 Å². The van der Waals surface area contributed by atoms with Crippen molar-refractivity contribution in [3.63, 3.8) is 0 Å². The second-order valence-electron chi connectivity index (χ2n) is 6.98. The Morgan fingerprint density at radius 3 is 2.54 bits per heavy atom. The molecule has 0 fully saturated rings. The van der Waals surface area contributed by atoms with Crippen LogP contribution in [-0.2, 0) is 11.2 Å². The van der Waals surface area contributed by atoms with Gasteiger partial charge >= 0.3 is 0 Å². The number of rotatable bonds is 5. The zero-order chi connectivity index (χ0) is 19.7. The number of hydrogen-bond acceptors (Lipinski definition) is 4. The molecule has 1 aromatic rings. The summed E-state index contributed by atoms with van der Waals surface area (Å²) in [6.07, 6.45) is 3.51. The minimum atomic E-state index is -0.291. The Morgan fingerprint density at radius 1 is 1.35 bits per heavy atom. The van der Waals surface area contributed by atoms with Crippen LogP contribution in [0.2, 0.25) is 0 Å². The monoisotopic (exact) mass is 363 g/mol. The number of carbonyl (C=O) groups excluding carboxylic acids is 1. The highest BCUT2D eigenvalue weighted by atomic mass is 16.5. The molecule has 3 rings (SSSR count). The molecular formula is C22H37NO3. The number of aryl methyl sites for hydroxylation is 1. The summed E-state index contributed by atoms with van der Waals surface area (Å²) in [5.74, 6) is 2.80. The molecule has 4 heteroatoms. The van der Waals surface area contributed by atoms with Crippen molar-refractivity contribution >= 4 is 5.78 Å². The molecule has 148 valence electrons. The van der Waals surface area contributed by atoms with E-state index in [4.69, 9.17) is 9.47 Å². The summed E-state index contributed by atoms with van der Waals surface area (Å²) in [4.78, 5) is 12.0. The van der Waals surface area contributed by atoms with E-state index in [-0.39, 0.29) is 17.8 Å². The lowest BCUT2D eigenvalue weighted by Gasteiger charge is -2.22. The number of ketones is 1. The highest BCUT2D eigenvalue weighted by Gasteiger charge is 2.42. The van der Waals surface area contributed by atoms with Gasteiger partial charge in [-0.25, -0.2) is 0 Å². The molecule has 2 unspecified atom stereocenters. The Morgan fingerprint density at radius 2 is 2.04 bits per heavy atom. The molecule has 0 bridgehead atoms. The van der Waals surface area contributed by atoms with Gasteiger partial charge in [0.15, 0.2) is 23.4 Å². The van der Waals surface area contributed by atoms with Crippen LogP contribution >= 0.6 is 0 Å². The van der Waals surface area contributed by atoms with Gasteiger partial charge in [0.2, 0.25) is 0 Å². The largest absolute Gasteiger partial charge is 0.493 e. The third-order valence-corrected chi connectivity index (χ3v) is 4.69. The Kier molecular flexibility index (Phi) is 9.71. The summed E-state index contributed by atoms with van der Waals surface area (Å²) >= 11 is 0. The predicted octanol–water partition coefficient (Wildman–Crippen LogP) is 4.74. The van der Waals surface area contributed by atoms with E-state index in [2.05, 4.69) is 25.2 Å². The summed E-state index contributed by atoms with van der Waals surface area (Å²) in [5.41, 5.74) is 2.56. The molecule has 0 spiro atoms. The van der Waals surface area contributed by atoms with Crippen molar-refractivity contribution in [1.29, 1.82) is 0 Å². The van der Waals surface area contributed by atoms with Gasteiger partial charge in [0.25, 0.3) is 0 Å². The molecule has 2 aliphatic rings. The van der Waals surface area contributed by atoms with Gasteiger partial charge in [-0.15, -0.1) is 0 Å². The van der Waals surface area contributed by atoms with Crippen LogP contribution < -0.4 is 14.8 Å². The molecule has 1 aliphatic heterocycles. The van der Waals surface area contributed by atoms with Gasteiger partial charge in [-0.2, -0.15) is 0 Å². The van der Waals surface area contributed by atoms with Crippen molar-refractivity contribution < 1.29 is 14.3 Å². The molecule has 0 saturated carbocycles. The first-order valence-corrected chi connectivity index (χ1v) is 10.1. The van der Waals surface area contributed by atoms with Crippen molar-refractivity contribution in [2.45, 2.75) is 72.3 Å². The van der Waals surface area contributed by atoms with E-state index < -0.39 is 0 Å². The van der Waals surface area contributed by atoms with Crippen LogP contribution in [0.4, 0.5) is 0 Å². The molecule has 1 aliphatic carbocycles. The number of ether oxygens (including phenoxy) is 2. The Bertz CT molecular complexity index is 569. The Labute approximate surface area is 159 Å². The Balaban J connectivity index is 0.000000363. The molecule has 0 radical (unpaired) electrons. The fraction of sp³-hybridized carbons (Fsp3) is 0.682. The van der Waals surface area contributed by atoms with Crippen LogP contribution in [-0.4, -0.2) is 32.6 Å². The molecule has 1 N–H and O–H groups in total. The second kappa shape index (κ2) is 11.2. The second-order valence-corrected chi connectivity index (χ2v) is 6.98. The topological polar surface area (TPSA) is 47.6 Å². The van der Waals surface area contributed by atoms with Crippen molar-refractivity contribution in [2.24, 2.45) is 5.92 Å². The lowest BCUT2D eigenvalue weighted by molar-refractivity contribution is -0.125. The maximum Gasteiger partial charge on any atom is 0.173 e. The lowest BCUT2D eigenvalue weighted by atomic mass is 9.79. The minimum Gasteiger partial charge on any atom is -0.493 e. The first-order valence-electron chi connectivity index (χ1n) is 10.1. The average molecular weight is 364 g/mol. The molecule has 1 heterocycles. The van der Waals surface area contributed by atoms with E-state index >= 15 is 0 Å². The van der Waals surface area contributed by atoms with E-state index in [0.717, 1.165) is 43.2 Å². The molecule has 0 amide bonds. The van der Waals surface area contributed by atoms with E-state index in [1.54, 1.807) is 7.11 Å². The van der Waals surface area contributed by atoms with Gasteiger partial charge in [0.05, 0.1) is 7.11 Å². The number of methoxy groups -OCH3 is 1. The van der Waals surface area contributed by atoms with Gasteiger partial charge in [-0.3, -0.25) is 4.79 Å². The standard InChI is InChI=1S/C15H18O3.C5H13N.C2H6/c1-3-11(16)14-10-6-4-5-9-7-8-12(17-2)15(18-14)13(9)10;1-5(2)4-6-3;1-2/h7-8,10,14H,3-6H2,1-2H3;5-6H,4H2,1-3H3;1-2H3. The highest BCUT2D eigenvalue weighted by molar-refractivity contribution is 5.86. The van der Waals surface area contributed by atoms with Crippen LogP contribution in [0, 0.1) is 5.92 Å². The summed E-state index contributed by atoms with van der Waals surface area (Å²) in [7, 11) is 3.62. The average Bonchev–Trinajstić information content (AvgIpc) is 3.05. The van der Waals surface area contributed by atoms with Gasteiger partial charge in [0, 0.05) is 17.9 Å². The fourth-order valence-corrected chi connectivity index (χ4v) is 3.60. The van der Waals surface area contributed by atoms with Crippen LogP contribution in [0.25, 0.3) is 0 Å². The van der Waals surface area contributed by atoms with Crippen LogP contribution in [0.1, 0.15) is 70.9 Å². The maximum atomic E-state index is 12.0. The smallest absolute Gasteiger partial charge is 0.173 e. The fourth-order valence-electron chi connectivity index (χ4n) is 3.60. The number of Topliss-reactive ketones (excluding diaryl/α,β-unsaturated/α-hetero) is 1. The molecule has 26 heavy (non-hydrogen) atoms. The third kappa shape index (κ3) is 5.23. The van der Waals surface area contributed by atoms with Crippen molar-refractivity contribution in [1.82, 2.24) is 5.32 Å². The number of carbonyl (C=O) groups is 1. The maximum absolute atomic E-state index is 12.0. The SMILES string of the molecule is CC.CCC(=O)C1Oc2c(OC)ccc3c2C1CCC3.CNCC(C)C. The van der Waals surface area contributed by atoms with E-state index in [1.165, 1.54) is 11.1 Å².